The molecule has 4 aromatic rings. The minimum absolute atomic E-state index is 0.0730. The number of nitrogens with one attached hydrogen (secondary N) is 1. The Morgan fingerprint density at radius 2 is 1.94 bits per heavy atom. The largest absolute Gasteiger partial charge is 0.321 e. The Kier molecular flexibility index (Phi) is 5.66. The van der Waals surface area contributed by atoms with Gasteiger partial charge in [0, 0.05) is 23.7 Å². The maximum atomic E-state index is 13.3. The van der Waals surface area contributed by atoms with E-state index < -0.39 is 16.4 Å². The lowest BCUT2D eigenvalue weighted by Gasteiger charge is -2.13. The van der Waals surface area contributed by atoms with Gasteiger partial charge in [0.1, 0.15) is 17.3 Å². The zero-order valence-electron chi connectivity index (χ0n) is 17.5. The first kappa shape index (κ1) is 21.4. The highest BCUT2D eigenvalue weighted by Crippen LogP contribution is 2.22. The van der Waals surface area contributed by atoms with Gasteiger partial charge in [-0.2, -0.15) is 5.26 Å². The van der Waals surface area contributed by atoms with E-state index in [2.05, 4.69) is 10.3 Å². The van der Waals surface area contributed by atoms with Crippen molar-refractivity contribution < 1.29 is 9.72 Å². The summed E-state index contributed by atoms with van der Waals surface area (Å²) in [6.07, 6.45) is 1.57. The predicted octanol–water partition coefficient (Wildman–Crippen LogP) is 3.79. The van der Waals surface area contributed by atoms with Crippen molar-refractivity contribution in [2.75, 3.05) is 5.32 Å². The molecule has 0 fully saturated rings. The molecule has 0 aliphatic rings. The van der Waals surface area contributed by atoms with Crippen LogP contribution >= 0.6 is 0 Å². The average Bonchev–Trinajstić information content (AvgIpc) is 2.82. The quantitative estimate of drug-likeness (QED) is 0.372. The fourth-order valence-electron chi connectivity index (χ4n) is 3.43. The molecule has 1 N–H and O–H groups in total. The van der Waals surface area contributed by atoms with Crippen molar-refractivity contribution in [3.8, 4) is 6.07 Å². The summed E-state index contributed by atoms with van der Waals surface area (Å²) >= 11 is 0. The topological polar surface area (TPSA) is 131 Å². The second-order valence-electron chi connectivity index (χ2n) is 7.40. The molecule has 0 aliphatic heterocycles. The Bertz CT molecular complexity index is 1500. The number of pyridine rings is 2. The van der Waals surface area contributed by atoms with E-state index in [1.165, 1.54) is 22.8 Å². The van der Waals surface area contributed by atoms with Crippen LogP contribution in [0.1, 0.15) is 27.0 Å². The lowest BCUT2D eigenvalue weighted by Crippen LogP contribution is -2.30. The van der Waals surface area contributed by atoms with Gasteiger partial charge in [-0.1, -0.05) is 29.8 Å². The summed E-state index contributed by atoms with van der Waals surface area (Å²) in [5.41, 5.74) is 1.43. The average molecular weight is 439 g/mol. The van der Waals surface area contributed by atoms with Gasteiger partial charge in [-0.05, 0) is 36.8 Å². The Balaban J connectivity index is 1.77. The van der Waals surface area contributed by atoms with E-state index in [0.717, 1.165) is 17.2 Å². The van der Waals surface area contributed by atoms with E-state index in [1.54, 1.807) is 18.3 Å². The molecular weight excluding hydrogens is 422 g/mol. The van der Waals surface area contributed by atoms with Gasteiger partial charge < -0.3 is 5.32 Å². The van der Waals surface area contributed by atoms with Crippen molar-refractivity contribution in [1.29, 1.82) is 5.26 Å². The molecule has 0 bridgehead atoms. The number of nitro groups is 1. The monoisotopic (exact) mass is 439 g/mol. The number of rotatable bonds is 5. The molecule has 0 saturated heterocycles. The third kappa shape index (κ3) is 4.31. The van der Waals surface area contributed by atoms with Crippen molar-refractivity contribution in [2.24, 2.45) is 0 Å². The van der Waals surface area contributed by atoms with Crippen LogP contribution < -0.4 is 10.9 Å². The number of amides is 1. The third-order valence-corrected chi connectivity index (χ3v) is 5.14. The summed E-state index contributed by atoms with van der Waals surface area (Å²) < 4.78 is 1.43. The van der Waals surface area contributed by atoms with Crippen LogP contribution in [0.2, 0.25) is 0 Å². The molecular formula is C24H17N5O4. The minimum atomic E-state index is -0.728. The van der Waals surface area contributed by atoms with Crippen LogP contribution in [-0.2, 0) is 6.54 Å². The first-order chi connectivity index (χ1) is 15.9. The summed E-state index contributed by atoms with van der Waals surface area (Å²) in [5, 5.41) is 23.4. The highest BCUT2D eigenvalue weighted by molar-refractivity contribution is 6.06. The predicted molar refractivity (Wildman–Crippen MR) is 122 cm³/mol. The second kappa shape index (κ2) is 8.72. The highest BCUT2D eigenvalue weighted by atomic mass is 16.6. The number of nitro benzene ring substituents is 1. The number of carbonyl (C=O) groups excluding carboxylic acids is 1. The summed E-state index contributed by atoms with van der Waals surface area (Å²) in [5.74, 6) is -0.728. The number of hydrogen-bond donors (Lipinski definition) is 1. The molecule has 4 rings (SSSR count). The number of non-ortho nitro benzene ring substituents is 1. The Labute approximate surface area is 187 Å². The Hall–Kier alpha value is -4.84. The number of nitriles is 1. The van der Waals surface area contributed by atoms with Gasteiger partial charge in [0.2, 0.25) is 0 Å². The van der Waals surface area contributed by atoms with Crippen LogP contribution in [0.3, 0.4) is 0 Å². The van der Waals surface area contributed by atoms with Crippen molar-refractivity contribution in [3.63, 3.8) is 0 Å². The molecule has 0 unspecified atom stereocenters. The smallest absolute Gasteiger partial charge is 0.270 e. The molecule has 9 heteroatoms. The second-order valence-corrected chi connectivity index (χ2v) is 7.40. The van der Waals surface area contributed by atoms with Gasteiger partial charge in [-0.3, -0.25) is 24.3 Å². The molecule has 0 spiro atoms. The number of carbonyl (C=O) groups is 1. The fraction of sp³-hybridized carbons (Fsp3) is 0.0833. The zero-order chi connectivity index (χ0) is 23.5. The molecule has 0 aliphatic carbocycles. The molecule has 0 saturated carbocycles. The van der Waals surface area contributed by atoms with E-state index in [4.69, 9.17) is 0 Å². The lowest BCUT2D eigenvalue weighted by atomic mass is 10.1. The van der Waals surface area contributed by atoms with Crippen LogP contribution in [-0.4, -0.2) is 20.4 Å². The number of hydrogen-bond acceptors (Lipinski definition) is 6. The molecule has 162 valence electrons. The van der Waals surface area contributed by atoms with Gasteiger partial charge in [0.15, 0.2) is 0 Å². The Morgan fingerprint density at radius 1 is 1.18 bits per heavy atom. The van der Waals surface area contributed by atoms with Crippen molar-refractivity contribution in [1.82, 2.24) is 9.55 Å². The van der Waals surface area contributed by atoms with Gasteiger partial charge >= 0.3 is 0 Å². The van der Waals surface area contributed by atoms with Crippen molar-refractivity contribution >= 4 is 28.3 Å². The van der Waals surface area contributed by atoms with E-state index in [0.29, 0.717) is 11.0 Å². The van der Waals surface area contributed by atoms with Crippen LogP contribution in [0.5, 0.6) is 0 Å². The highest BCUT2D eigenvalue weighted by Gasteiger charge is 2.19. The van der Waals surface area contributed by atoms with Crippen molar-refractivity contribution in [3.05, 3.63) is 110 Å². The molecule has 9 nitrogen and oxygen atoms in total. The standard InChI is InChI=1S/C24H17N5O4/c1-15-4-6-16(7-5-15)14-28-22-17(3-2-10-26-22)12-20(24(28)31)23(30)27-21-9-8-19(29(32)33)11-18(21)13-25/h2-12H,14H2,1H3,(H,27,30). The number of benzene rings is 2. The summed E-state index contributed by atoms with van der Waals surface area (Å²) in [6.45, 7) is 2.18. The maximum Gasteiger partial charge on any atom is 0.270 e. The van der Waals surface area contributed by atoms with Crippen LogP contribution in [0.4, 0.5) is 11.4 Å². The first-order valence-electron chi connectivity index (χ1n) is 9.91. The molecule has 1 amide bonds. The van der Waals surface area contributed by atoms with Gasteiger partial charge in [0.25, 0.3) is 17.2 Å². The van der Waals surface area contributed by atoms with Crippen LogP contribution in [0.15, 0.2) is 71.7 Å². The fourth-order valence-corrected chi connectivity index (χ4v) is 3.43. The number of aryl methyl sites for hydroxylation is 1. The van der Waals surface area contributed by atoms with Crippen LogP contribution in [0, 0.1) is 28.4 Å². The number of anilines is 1. The molecule has 0 radical (unpaired) electrons. The maximum absolute atomic E-state index is 13.3. The van der Waals surface area contributed by atoms with Gasteiger partial charge in [0.05, 0.1) is 22.7 Å². The zero-order valence-corrected chi connectivity index (χ0v) is 17.5. The van der Waals surface area contributed by atoms with E-state index in [-0.39, 0.29) is 29.0 Å². The van der Waals surface area contributed by atoms with Crippen LogP contribution in [0.25, 0.3) is 11.0 Å². The Morgan fingerprint density at radius 3 is 2.64 bits per heavy atom. The molecule has 2 heterocycles. The van der Waals surface area contributed by atoms with E-state index in [9.17, 15) is 25.0 Å². The number of aromatic nitrogens is 2. The molecule has 2 aromatic heterocycles. The van der Waals surface area contributed by atoms with Crippen molar-refractivity contribution in [2.45, 2.75) is 13.5 Å². The van der Waals surface area contributed by atoms with E-state index in [1.807, 2.05) is 37.3 Å². The SMILES string of the molecule is Cc1ccc(Cn2c(=O)c(C(=O)Nc3ccc([N+](=O)[O-])cc3C#N)cc3cccnc32)cc1. The van der Waals surface area contributed by atoms with Gasteiger partial charge in [-0.15, -0.1) is 0 Å². The van der Waals surface area contributed by atoms with Gasteiger partial charge in [-0.25, -0.2) is 4.98 Å². The molecule has 33 heavy (non-hydrogen) atoms. The number of fused-ring (bicyclic) bond motifs is 1. The minimum Gasteiger partial charge on any atom is -0.321 e. The normalized spacial score (nSPS) is 10.5. The summed E-state index contributed by atoms with van der Waals surface area (Å²) in [4.78, 5) is 41.0. The molecule has 2 aromatic carbocycles. The first-order valence-corrected chi connectivity index (χ1v) is 9.91. The lowest BCUT2D eigenvalue weighted by molar-refractivity contribution is -0.384. The molecule has 0 atom stereocenters. The van der Waals surface area contributed by atoms with E-state index >= 15 is 0 Å². The number of nitrogens with zero attached hydrogens (tertiary/aromatic N) is 4. The summed E-state index contributed by atoms with van der Waals surface area (Å²) in [6, 6.07) is 17.9. The third-order valence-electron chi connectivity index (χ3n) is 5.14. The summed E-state index contributed by atoms with van der Waals surface area (Å²) in [7, 11) is 0.